The van der Waals surface area contributed by atoms with Crippen molar-refractivity contribution < 1.29 is 13.2 Å². The van der Waals surface area contributed by atoms with Crippen LogP contribution in [-0.4, -0.2) is 9.55 Å². The highest BCUT2D eigenvalue weighted by Gasteiger charge is 2.31. The average molecular weight is 317 g/mol. The van der Waals surface area contributed by atoms with Crippen molar-refractivity contribution in [3.63, 3.8) is 0 Å². The zero-order valence-electron chi connectivity index (χ0n) is 11.9. The number of benzene rings is 1. The first-order chi connectivity index (χ1) is 10.9. The SMILES string of the molecule is Cc1nccn1-c1ccc(C(F)(F)F)cc1NC=C(C#N)C#N. The van der Waals surface area contributed by atoms with Gasteiger partial charge in [-0.3, -0.25) is 0 Å². The van der Waals surface area contributed by atoms with E-state index in [1.54, 1.807) is 29.8 Å². The minimum absolute atomic E-state index is 0.101. The lowest BCUT2D eigenvalue weighted by Gasteiger charge is -2.15. The highest BCUT2D eigenvalue weighted by atomic mass is 19.4. The molecular weight excluding hydrogens is 307 g/mol. The van der Waals surface area contributed by atoms with E-state index in [-0.39, 0.29) is 11.3 Å². The summed E-state index contributed by atoms with van der Waals surface area (Å²) in [6, 6.07) is 6.43. The summed E-state index contributed by atoms with van der Waals surface area (Å²) in [6.45, 7) is 1.70. The van der Waals surface area contributed by atoms with Crippen LogP contribution in [0.15, 0.2) is 42.4 Å². The lowest BCUT2D eigenvalue weighted by atomic mass is 10.1. The molecule has 0 spiro atoms. The Morgan fingerprint density at radius 2 is 2.00 bits per heavy atom. The number of anilines is 1. The van der Waals surface area contributed by atoms with Crippen LogP contribution in [0.3, 0.4) is 0 Å². The van der Waals surface area contributed by atoms with E-state index in [0.717, 1.165) is 18.3 Å². The fourth-order valence-electron chi connectivity index (χ4n) is 1.91. The van der Waals surface area contributed by atoms with Crippen LogP contribution in [0, 0.1) is 29.6 Å². The van der Waals surface area contributed by atoms with E-state index in [1.165, 1.54) is 12.3 Å². The first-order valence-corrected chi connectivity index (χ1v) is 6.35. The molecule has 2 aromatic rings. The molecule has 8 heteroatoms. The van der Waals surface area contributed by atoms with Gasteiger partial charge in [-0.25, -0.2) is 4.98 Å². The maximum atomic E-state index is 12.9. The number of nitrogens with one attached hydrogen (secondary N) is 1. The van der Waals surface area contributed by atoms with Gasteiger partial charge in [-0.15, -0.1) is 0 Å². The zero-order chi connectivity index (χ0) is 17.0. The molecule has 2 rings (SSSR count). The molecule has 0 aliphatic carbocycles. The minimum atomic E-state index is -4.50. The van der Waals surface area contributed by atoms with Crippen LogP contribution in [0.1, 0.15) is 11.4 Å². The molecule has 1 aromatic heterocycles. The number of aryl methyl sites for hydroxylation is 1. The third-order valence-corrected chi connectivity index (χ3v) is 3.02. The van der Waals surface area contributed by atoms with E-state index in [4.69, 9.17) is 10.5 Å². The van der Waals surface area contributed by atoms with Gasteiger partial charge in [0, 0.05) is 18.6 Å². The Labute approximate surface area is 129 Å². The summed E-state index contributed by atoms with van der Waals surface area (Å²) in [6.07, 6.45) is -0.327. The normalized spacial score (nSPS) is 10.5. The van der Waals surface area contributed by atoms with E-state index >= 15 is 0 Å². The summed E-state index contributed by atoms with van der Waals surface area (Å²) < 4.78 is 40.2. The Kier molecular flexibility index (Phi) is 4.37. The number of nitriles is 2. The quantitative estimate of drug-likeness (QED) is 0.878. The first kappa shape index (κ1) is 16.1. The van der Waals surface area contributed by atoms with Gasteiger partial charge in [0.25, 0.3) is 0 Å². The average Bonchev–Trinajstić information content (AvgIpc) is 2.93. The molecule has 0 amide bonds. The summed E-state index contributed by atoms with van der Waals surface area (Å²) in [7, 11) is 0. The molecule has 0 radical (unpaired) electrons. The molecule has 0 fully saturated rings. The number of nitrogens with zero attached hydrogens (tertiary/aromatic N) is 4. The maximum absolute atomic E-state index is 12.9. The zero-order valence-corrected chi connectivity index (χ0v) is 11.9. The van der Waals surface area contributed by atoms with Gasteiger partial charge in [-0.05, 0) is 25.1 Å². The van der Waals surface area contributed by atoms with Crippen molar-refractivity contribution in [2.75, 3.05) is 5.32 Å². The summed E-state index contributed by atoms with van der Waals surface area (Å²) in [5.41, 5.74) is -0.579. The standard InChI is InChI=1S/C15H10F3N5/c1-10-21-4-5-23(10)14-3-2-12(15(16,17)18)6-13(14)22-9-11(7-19)8-20/h2-6,9,22H,1H3. The van der Waals surface area contributed by atoms with Gasteiger partial charge in [-0.2, -0.15) is 23.7 Å². The Morgan fingerprint density at radius 3 is 2.52 bits per heavy atom. The third kappa shape index (κ3) is 3.50. The fraction of sp³-hybridized carbons (Fsp3) is 0.133. The van der Waals surface area contributed by atoms with Gasteiger partial charge in [0.2, 0.25) is 0 Å². The molecule has 0 atom stereocenters. The van der Waals surface area contributed by atoms with Gasteiger partial charge in [0.1, 0.15) is 23.5 Å². The molecule has 5 nitrogen and oxygen atoms in total. The second-order valence-corrected chi connectivity index (χ2v) is 4.50. The largest absolute Gasteiger partial charge is 0.416 e. The molecule has 0 aliphatic rings. The Bertz CT molecular complexity index is 818. The molecule has 0 saturated heterocycles. The maximum Gasteiger partial charge on any atom is 0.416 e. The fourth-order valence-corrected chi connectivity index (χ4v) is 1.91. The van der Waals surface area contributed by atoms with Crippen LogP contribution in [0.25, 0.3) is 5.69 Å². The van der Waals surface area contributed by atoms with Crippen molar-refractivity contribution >= 4 is 5.69 Å². The molecule has 116 valence electrons. The van der Waals surface area contributed by atoms with Crippen molar-refractivity contribution in [1.29, 1.82) is 10.5 Å². The molecule has 0 aliphatic heterocycles. The Hall–Kier alpha value is -3.26. The van der Waals surface area contributed by atoms with Gasteiger partial charge >= 0.3 is 6.18 Å². The van der Waals surface area contributed by atoms with Crippen LogP contribution in [0.2, 0.25) is 0 Å². The lowest BCUT2D eigenvalue weighted by molar-refractivity contribution is -0.137. The van der Waals surface area contributed by atoms with Crippen LogP contribution >= 0.6 is 0 Å². The summed E-state index contributed by atoms with van der Waals surface area (Å²) >= 11 is 0. The number of halogens is 3. The predicted octanol–water partition coefficient (Wildman–Crippen LogP) is 3.54. The lowest BCUT2D eigenvalue weighted by Crippen LogP contribution is -2.08. The molecular formula is C15H10F3N5. The minimum Gasteiger partial charge on any atom is -0.358 e. The summed E-state index contributed by atoms with van der Waals surface area (Å²) in [4.78, 5) is 4.03. The second kappa shape index (κ2) is 6.24. The number of allylic oxidation sites excluding steroid dienone is 1. The van der Waals surface area contributed by atoms with Crippen molar-refractivity contribution in [3.8, 4) is 17.8 Å². The van der Waals surface area contributed by atoms with Crippen molar-refractivity contribution in [2.24, 2.45) is 0 Å². The van der Waals surface area contributed by atoms with Gasteiger partial charge in [0.05, 0.1) is 16.9 Å². The number of alkyl halides is 3. The summed E-state index contributed by atoms with van der Waals surface area (Å²) in [5.74, 6) is 0.581. The third-order valence-electron chi connectivity index (χ3n) is 3.02. The number of rotatable bonds is 3. The molecule has 1 aromatic carbocycles. The van der Waals surface area contributed by atoms with Crippen LogP contribution in [-0.2, 0) is 6.18 Å². The van der Waals surface area contributed by atoms with E-state index in [0.29, 0.717) is 11.5 Å². The van der Waals surface area contributed by atoms with Crippen molar-refractivity contribution in [3.05, 3.63) is 53.8 Å². The second-order valence-electron chi connectivity index (χ2n) is 4.50. The molecule has 0 unspecified atom stereocenters. The number of hydrogen-bond donors (Lipinski definition) is 1. The monoisotopic (exact) mass is 317 g/mol. The van der Waals surface area contributed by atoms with Crippen LogP contribution < -0.4 is 5.32 Å². The van der Waals surface area contributed by atoms with Crippen LogP contribution in [0.4, 0.5) is 18.9 Å². The molecule has 1 heterocycles. The highest BCUT2D eigenvalue weighted by molar-refractivity contribution is 5.65. The van der Waals surface area contributed by atoms with E-state index in [9.17, 15) is 13.2 Å². The highest BCUT2D eigenvalue weighted by Crippen LogP contribution is 2.33. The van der Waals surface area contributed by atoms with Gasteiger partial charge in [-0.1, -0.05) is 0 Å². The first-order valence-electron chi connectivity index (χ1n) is 6.35. The Balaban J connectivity index is 2.55. The molecule has 0 saturated carbocycles. The van der Waals surface area contributed by atoms with Crippen molar-refractivity contribution in [2.45, 2.75) is 13.1 Å². The van der Waals surface area contributed by atoms with Gasteiger partial charge < -0.3 is 9.88 Å². The topological polar surface area (TPSA) is 77.4 Å². The summed E-state index contributed by atoms with van der Waals surface area (Å²) in [5, 5.41) is 20.0. The van der Waals surface area contributed by atoms with E-state index in [1.807, 2.05) is 0 Å². The molecule has 0 bridgehead atoms. The predicted molar refractivity (Wildman–Crippen MR) is 76.2 cm³/mol. The number of hydrogen-bond acceptors (Lipinski definition) is 4. The van der Waals surface area contributed by atoms with E-state index < -0.39 is 11.7 Å². The number of imidazole rings is 1. The molecule has 23 heavy (non-hydrogen) atoms. The van der Waals surface area contributed by atoms with Gasteiger partial charge in [0.15, 0.2) is 0 Å². The smallest absolute Gasteiger partial charge is 0.358 e. The van der Waals surface area contributed by atoms with Crippen molar-refractivity contribution in [1.82, 2.24) is 9.55 Å². The molecule has 1 N–H and O–H groups in total. The van der Waals surface area contributed by atoms with E-state index in [2.05, 4.69) is 10.3 Å². The Morgan fingerprint density at radius 1 is 1.30 bits per heavy atom. The number of aromatic nitrogens is 2. The van der Waals surface area contributed by atoms with Crippen LogP contribution in [0.5, 0.6) is 0 Å².